The number of ether oxygens (including phenoxy) is 1. The Labute approximate surface area is 120 Å². The van der Waals surface area contributed by atoms with Crippen LogP contribution in [0.15, 0.2) is 0 Å². The van der Waals surface area contributed by atoms with Crippen molar-refractivity contribution in [2.45, 2.75) is 32.3 Å². The van der Waals surface area contributed by atoms with Gasteiger partial charge in [-0.15, -0.1) is 21.5 Å². The van der Waals surface area contributed by atoms with E-state index in [1.54, 1.807) is 22.7 Å². The molecule has 5 nitrogen and oxygen atoms in total. The summed E-state index contributed by atoms with van der Waals surface area (Å²) in [5, 5.41) is 14.2. The Hall–Kier alpha value is -1.05. The molecule has 0 bridgehead atoms. The highest BCUT2D eigenvalue weighted by molar-refractivity contribution is 7.23. The van der Waals surface area contributed by atoms with Crippen molar-refractivity contribution in [1.29, 1.82) is 0 Å². The van der Waals surface area contributed by atoms with Crippen molar-refractivity contribution >= 4 is 27.8 Å². The van der Waals surface area contributed by atoms with Crippen LogP contribution in [0.4, 0.5) is 5.13 Å². The van der Waals surface area contributed by atoms with Gasteiger partial charge in [0.2, 0.25) is 5.13 Å². The Morgan fingerprint density at radius 1 is 1.37 bits per heavy atom. The largest absolute Gasteiger partial charge is 0.371 e. The summed E-state index contributed by atoms with van der Waals surface area (Å²) in [6.45, 7) is 2.97. The van der Waals surface area contributed by atoms with E-state index in [0.29, 0.717) is 0 Å². The Morgan fingerprint density at radius 2 is 2.26 bits per heavy atom. The Morgan fingerprint density at radius 3 is 2.89 bits per heavy atom. The highest BCUT2D eigenvalue weighted by Crippen LogP contribution is 2.39. The van der Waals surface area contributed by atoms with Gasteiger partial charge < -0.3 is 10.1 Å². The molecule has 1 N–H and O–H groups in total. The molecule has 0 spiro atoms. The summed E-state index contributed by atoms with van der Waals surface area (Å²) in [4.78, 5) is 5.88. The molecule has 102 valence electrons. The minimum atomic E-state index is 0.181. The second-order valence-corrected chi connectivity index (χ2v) is 6.35. The number of hydrogen-bond donors (Lipinski definition) is 1. The fourth-order valence-electron chi connectivity index (χ4n) is 2.10. The zero-order chi connectivity index (χ0) is 13.2. The zero-order valence-corrected chi connectivity index (χ0v) is 12.6. The minimum Gasteiger partial charge on any atom is -0.371 e. The van der Waals surface area contributed by atoms with Gasteiger partial charge in [0, 0.05) is 13.7 Å². The first-order valence-electron chi connectivity index (χ1n) is 6.44. The smallest absolute Gasteiger partial charge is 0.205 e. The lowest BCUT2D eigenvalue weighted by atomic mass is 10.2. The van der Waals surface area contributed by atoms with E-state index in [0.717, 1.165) is 51.6 Å². The van der Waals surface area contributed by atoms with Gasteiger partial charge in [0.1, 0.15) is 11.1 Å². The van der Waals surface area contributed by atoms with Crippen molar-refractivity contribution in [2.24, 2.45) is 0 Å². The lowest BCUT2D eigenvalue weighted by Crippen LogP contribution is -1.94. The van der Waals surface area contributed by atoms with Gasteiger partial charge in [-0.3, -0.25) is 0 Å². The normalized spacial score (nSPS) is 18.9. The first-order valence-corrected chi connectivity index (χ1v) is 8.08. The molecule has 0 saturated carbocycles. The Bertz CT molecular complexity index is 560. The third-order valence-electron chi connectivity index (χ3n) is 3.09. The molecule has 0 amide bonds. The van der Waals surface area contributed by atoms with Crippen LogP contribution in [-0.2, 0) is 11.2 Å². The lowest BCUT2D eigenvalue weighted by Gasteiger charge is -2.03. The third kappa shape index (κ3) is 2.50. The van der Waals surface area contributed by atoms with Crippen LogP contribution in [0.3, 0.4) is 0 Å². The van der Waals surface area contributed by atoms with E-state index >= 15 is 0 Å². The predicted octanol–water partition coefficient (Wildman–Crippen LogP) is 3.12. The number of nitrogens with zero attached hydrogens (tertiary/aromatic N) is 3. The van der Waals surface area contributed by atoms with Gasteiger partial charge in [0.25, 0.3) is 0 Å². The number of aryl methyl sites for hydroxylation is 1. The van der Waals surface area contributed by atoms with Crippen LogP contribution in [0.25, 0.3) is 9.88 Å². The van der Waals surface area contributed by atoms with Crippen LogP contribution in [0.1, 0.15) is 36.6 Å². The van der Waals surface area contributed by atoms with E-state index < -0.39 is 0 Å². The fraction of sp³-hybridized carbons (Fsp3) is 0.583. The van der Waals surface area contributed by atoms with E-state index in [4.69, 9.17) is 9.72 Å². The topological polar surface area (TPSA) is 59.9 Å². The van der Waals surface area contributed by atoms with Gasteiger partial charge >= 0.3 is 0 Å². The molecule has 0 aliphatic carbocycles. The SMILES string of the molecule is CCc1nc(C2CCCO2)sc1-c1nnc(NC)s1. The molecule has 1 atom stereocenters. The second-order valence-electron chi connectivity index (χ2n) is 4.35. The highest BCUT2D eigenvalue weighted by Gasteiger charge is 2.24. The molecule has 3 rings (SSSR count). The molecule has 1 saturated heterocycles. The molecule has 1 fully saturated rings. The van der Waals surface area contributed by atoms with Crippen molar-refractivity contribution in [3.8, 4) is 9.88 Å². The summed E-state index contributed by atoms with van der Waals surface area (Å²) in [7, 11) is 1.86. The number of rotatable bonds is 4. The van der Waals surface area contributed by atoms with Crippen LogP contribution in [0.2, 0.25) is 0 Å². The van der Waals surface area contributed by atoms with Gasteiger partial charge in [-0.25, -0.2) is 4.98 Å². The molecule has 1 unspecified atom stereocenters. The standard InChI is InChI=1S/C12H16N4OS2/c1-3-7-9(11-15-16-12(13-2)19-11)18-10(14-7)8-5-4-6-17-8/h8H,3-6H2,1-2H3,(H,13,16). The predicted molar refractivity (Wildman–Crippen MR) is 77.9 cm³/mol. The second kappa shape index (κ2) is 5.52. The lowest BCUT2D eigenvalue weighted by molar-refractivity contribution is 0.111. The number of anilines is 1. The van der Waals surface area contributed by atoms with Crippen molar-refractivity contribution in [2.75, 3.05) is 19.0 Å². The molecule has 2 aromatic rings. The molecule has 7 heteroatoms. The average molecular weight is 296 g/mol. The Kier molecular flexibility index (Phi) is 3.76. The molecule has 19 heavy (non-hydrogen) atoms. The van der Waals surface area contributed by atoms with E-state index in [2.05, 4.69) is 22.4 Å². The monoisotopic (exact) mass is 296 g/mol. The summed E-state index contributed by atoms with van der Waals surface area (Å²) < 4.78 is 5.72. The van der Waals surface area contributed by atoms with Crippen molar-refractivity contribution in [1.82, 2.24) is 15.2 Å². The van der Waals surface area contributed by atoms with Crippen molar-refractivity contribution < 1.29 is 4.74 Å². The molecular formula is C12H16N4OS2. The first kappa shape index (κ1) is 13.0. The summed E-state index contributed by atoms with van der Waals surface area (Å²) in [6.07, 6.45) is 3.30. The van der Waals surface area contributed by atoms with E-state index in [1.165, 1.54) is 0 Å². The maximum atomic E-state index is 5.72. The van der Waals surface area contributed by atoms with Gasteiger partial charge in [-0.1, -0.05) is 18.3 Å². The molecule has 0 aromatic carbocycles. The maximum Gasteiger partial charge on any atom is 0.205 e. The van der Waals surface area contributed by atoms with Crippen LogP contribution in [-0.4, -0.2) is 28.8 Å². The molecule has 3 heterocycles. The van der Waals surface area contributed by atoms with Gasteiger partial charge in [-0.05, 0) is 19.3 Å². The van der Waals surface area contributed by atoms with Crippen LogP contribution >= 0.6 is 22.7 Å². The number of thiazole rings is 1. The molecule has 1 aliphatic heterocycles. The molecule has 2 aromatic heterocycles. The number of nitrogens with one attached hydrogen (secondary N) is 1. The molecule has 0 radical (unpaired) electrons. The van der Waals surface area contributed by atoms with Gasteiger partial charge in [-0.2, -0.15) is 0 Å². The van der Waals surface area contributed by atoms with Crippen molar-refractivity contribution in [3.05, 3.63) is 10.7 Å². The molecule has 1 aliphatic rings. The quantitative estimate of drug-likeness (QED) is 0.939. The zero-order valence-electron chi connectivity index (χ0n) is 11.0. The summed E-state index contributed by atoms with van der Waals surface area (Å²) in [5.74, 6) is 0. The summed E-state index contributed by atoms with van der Waals surface area (Å²) >= 11 is 3.27. The van der Waals surface area contributed by atoms with E-state index in [9.17, 15) is 0 Å². The van der Waals surface area contributed by atoms with Crippen molar-refractivity contribution in [3.63, 3.8) is 0 Å². The average Bonchev–Trinajstić information content (AvgIpc) is 3.16. The maximum absolute atomic E-state index is 5.72. The third-order valence-corrected chi connectivity index (χ3v) is 5.37. The van der Waals surface area contributed by atoms with Crippen LogP contribution in [0, 0.1) is 0 Å². The van der Waals surface area contributed by atoms with Gasteiger partial charge in [0.15, 0.2) is 5.01 Å². The van der Waals surface area contributed by atoms with Crippen LogP contribution < -0.4 is 5.32 Å². The highest BCUT2D eigenvalue weighted by atomic mass is 32.1. The van der Waals surface area contributed by atoms with E-state index in [1.807, 2.05) is 7.05 Å². The van der Waals surface area contributed by atoms with Gasteiger partial charge in [0.05, 0.1) is 10.6 Å². The van der Waals surface area contributed by atoms with E-state index in [-0.39, 0.29) is 6.10 Å². The Balaban J connectivity index is 1.95. The number of aromatic nitrogens is 3. The minimum absolute atomic E-state index is 0.181. The fourth-order valence-corrected chi connectivity index (χ4v) is 4.13. The summed E-state index contributed by atoms with van der Waals surface area (Å²) in [5.41, 5.74) is 1.11. The first-order chi connectivity index (χ1) is 9.31. The number of hydrogen-bond acceptors (Lipinski definition) is 7. The van der Waals surface area contributed by atoms with Crippen LogP contribution in [0.5, 0.6) is 0 Å². The molecular weight excluding hydrogens is 280 g/mol. The summed E-state index contributed by atoms with van der Waals surface area (Å²) in [6, 6.07) is 0.